The minimum atomic E-state index is -0.0557. The predicted octanol–water partition coefficient (Wildman–Crippen LogP) is 12.7. The van der Waals surface area contributed by atoms with Gasteiger partial charge in [-0.1, -0.05) is 129 Å². The van der Waals surface area contributed by atoms with Gasteiger partial charge in [-0.15, -0.1) is 0 Å². The molecule has 1 aromatic heterocycles. The summed E-state index contributed by atoms with van der Waals surface area (Å²) in [5, 5.41) is 1.25. The van der Waals surface area contributed by atoms with Gasteiger partial charge >= 0.3 is 0 Å². The summed E-state index contributed by atoms with van der Waals surface area (Å²) in [6, 6.07) is 63.8. The van der Waals surface area contributed by atoms with E-state index in [1.165, 1.54) is 66.8 Å². The van der Waals surface area contributed by atoms with E-state index >= 15 is 0 Å². The molecule has 0 amide bonds. The van der Waals surface area contributed by atoms with Crippen LogP contribution in [0.2, 0.25) is 0 Å². The van der Waals surface area contributed by atoms with Gasteiger partial charge in [0, 0.05) is 34.4 Å². The summed E-state index contributed by atoms with van der Waals surface area (Å²) < 4.78 is 2.25. The normalized spacial score (nSPS) is 12.9. The molecule has 1 aliphatic carbocycles. The van der Waals surface area contributed by atoms with Crippen LogP contribution in [0.25, 0.3) is 50.0 Å². The van der Waals surface area contributed by atoms with Gasteiger partial charge in [0.1, 0.15) is 0 Å². The summed E-state index contributed by atoms with van der Waals surface area (Å²) in [6.07, 6.45) is 2.14. The molecule has 0 spiro atoms. The summed E-state index contributed by atoms with van der Waals surface area (Å²) in [7, 11) is 0. The molecular weight excluding hydrogens is 593 g/mol. The largest absolute Gasteiger partial charge is 0.317 e. The first-order valence-corrected chi connectivity index (χ1v) is 17.0. The molecule has 49 heavy (non-hydrogen) atoms. The summed E-state index contributed by atoms with van der Waals surface area (Å²) in [5.41, 5.74) is 16.0. The molecule has 1 heterocycles. The second kappa shape index (κ2) is 11.5. The average molecular weight is 629 g/mol. The van der Waals surface area contributed by atoms with E-state index in [2.05, 4.69) is 205 Å². The van der Waals surface area contributed by atoms with Crippen LogP contribution < -0.4 is 4.90 Å². The molecule has 0 fully saturated rings. The Morgan fingerprint density at radius 3 is 1.67 bits per heavy atom. The molecule has 0 bridgehead atoms. The Morgan fingerprint density at radius 1 is 0.429 bits per heavy atom. The molecule has 9 rings (SSSR count). The van der Waals surface area contributed by atoms with E-state index in [0.29, 0.717) is 0 Å². The quantitative estimate of drug-likeness (QED) is 0.178. The van der Waals surface area contributed by atoms with Crippen molar-refractivity contribution in [1.82, 2.24) is 4.57 Å². The van der Waals surface area contributed by atoms with Gasteiger partial charge in [-0.25, -0.2) is 0 Å². The number of rotatable bonds is 6. The standard InChI is InChI=1S/C47H36N2/c1-47(2)44-14-8-7-13-42(44)43-29-28-41(32-45(43)47)49(39-11-4-3-5-12-39)40-26-22-36(23-27-40)34-18-16-33(17-19-34)35-20-24-38(25-21-35)48-31-30-37-10-6-9-15-46(37)48/h3-32H,1-2H3. The van der Waals surface area contributed by atoms with Crippen LogP contribution in [0, 0.1) is 0 Å². The Morgan fingerprint density at radius 2 is 0.959 bits per heavy atom. The highest BCUT2D eigenvalue weighted by atomic mass is 15.1. The molecule has 0 aliphatic heterocycles. The number of nitrogens with zero attached hydrogens (tertiary/aromatic N) is 2. The van der Waals surface area contributed by atoms with Crippen molar-refractivity contribution in [2.24, 2.45) is 0 Å². The smallest absolute Gasteiger partial charge is 0.0528 e. The molecule has 0 radical (unpaired) electrons. The van der Waals surface area contributed by atoms with Gasteiger partial charge in [0.25, 0.3) is 0 Å². The molecule has 234 valence electrons. The van der Waals surface area contributed by atoms with Crippen LogP contribution in [-0.4, -0.2) is 4.57 Å². The number of para-hydroxylation sites is 2. The summed E-state index contributed by atoms with van der Waals surface area (Å²) in [5.74, 6) is 0. The maximum Gasteiger partial charge on any atom is 0.0528 e. The van der Waals surface area contributed by atoms with E-state index in [0.717, 1.165) is 11.4 Å². The van der Waals surface area contributed by atoms with Crippen molar-refractivity contribution in [1.29, 1.82) is 0 Å². The maximum atomic E-state index is 2.39. The van der Waals surface area contributed by atoms with Gasteiger partial charge in [-0.2, -0.15) is 0 Å². The lowest BCUT2D eigenvalue weighted by atomic mass is 9.82. The predicted molar refractivity (Wildman–Crippen MR) is 206 cm³/mol. The first kappa shape index (κ1) is 29.1. The van der Waals surface area contributed by atoms with Crippen LogP contribution in [0.15, 0.2) is 182 Å². The van der Waals surface area contributed by atoms with Gasteiger partial charge in [-0.3, -0.25) is 0 Å². The molecule has 0 unspecified atom stereocenters. The van der Waals surface area contributed by atoms with Crippen molar-refractivity contribution in [3.05, 3.63) is 193 Å². The second-order valence-corrected chi connectivity index (χ2v) is 13.5. The second-order valence-electron chi connectivity index (χ2n) is 13.5. The number of fused-ring (bicyclic) bond motifs is 4. The molecule has 0 saturated carbocycles. The van der Waals surface area contributed by atoms with Crippen LogP contribution >= 0.6 is 0 Å². The van der Waals surface area contributed by atoms with E-state index < -0.39 is 0 Å². The summed E-state index contributed by atoms with van der Waals surface area (Å²) in [6.45, 7) is 4.68. The molecule has 1 aliphatic rings. The molecule has 8 aromatic rings. The van der Waals surface area contributed by atoms with E-state index in [1.807, 2.05) is 0 Å². The van der Waals surface area contributed by atoms with E-state index in [-0.39, 0.29) is 5.41 Å². The molecule has 0 N–H and O–H groups in total. The van der Waals surface area contributed by atoms with Crippen molar-refractivity contribution >= 4 is 28.0 Å². The van der Waals surface area contributed by atoms with Crippen LogP contribution in [0.5, 0.6) is 0 Å². The minimum Gasteiger partial charge on any atom is -0.317 e. The third-order valence-corrected chi connectivity index (χ3v) is 10.3. The SMILES string of the molecule is CC1(C)c2ccccc2-c2ccc(N(c3ccccc3)c3ccc(-c4ccc(-c5ccc(-n6ccc7ccccc76)cc5)cc4)cc3)cc21. The Bertz CT molecular complexity index is 2430. The number of hydrogen-bond donors (Lipinski definition) is 0. The molecule has 0 saturated heterocycles. The van der Waals surface area contributed by atoms with Crippen molar-refractivity contribution in [2.45, 2.75) is 19.3 Å². The summed E-state index contributed by atoms with van der Waals surface area (Å²) >= 11 is 0. The Kier molecular flexibility index (Phi) is 6.84. The van der Waals surface area contributed by atoms with Gasteiger partial charge in [-0.05, 0) is 111 Å². The zero-order chi connectivity index (χ0) is 33.0. The Hall–Kier alpha value is -6.12. The van der Waals surface area contributed by atoms with Crippen LogP contribution in [0.3, 0.4) is 0 Å². The first-order chi connectivity index (χ1) is 24.0. The van der Waals surface area contributed by atoms with E-state index in [1.54, 1.807) is 0 Å². The number of anilines is 3. The zero-order valence-electron chi connectivity index (χ0n) is 27.7. The monoisotopic (exact) mass is 628 g/mol. The fourth-order valence-corrected chi connectivity index (χ4v) is 7.64. The highest BCUT2D eigenvalue weighted by Crippen LogP contribution is 2.50. The highest BCUT2D eigenvalue weighted by molar-refractivity contribution is 5.86. The van der Waals surface area contributed by atoms with Crippen LogP contribution in [-0.2, 0) is 5.41 Å². The van der Waals surface area contributed by atoms with Crippen LogP contribution in [0.1, 0.15) is 25.0 Å². The fraction of sp³-hybridized carbons (Fsp3) is 0.0638. The number of benzene rings is 7. The molecule has 2 nitrogen and oxygen atoms in total. The lowest BCUT2D eigenvalue weighted by Gasteiger charge is -2.28. The molecule has 2 heteroatoms. The maximum absolute atomic E-state index is 2.39. The van der Waals surface area contributed by atoms with Gasteiger partial charge in [0.05, 0.1) is 5.52 Å². The zero-order valence-corrected chi connectivity index (χ0v) is 27.7. The van der Waals surface area contributed by atoms with Gasteiger partial charge in [0.15, 0.2) is 0 Å². The van der Waals surface area contributed by atoms with Crippen LogP contribution in [0.4, 0.5) is 17.1 Å². The summed E-state index contributed by atoms with van der Waals surface area (Å²) in [4.78, 5) is 2.37. The lowest BCUT2D eigenvalue weighted by molar-refractivity contribution is 0.660. The van der Waals surface area contributed by atoms with Gasteiger partial charge < -0.3 is 9.47 Å². The third-order valence-electron chi connectivity index (χ3n) is 10.3. The molecule has 7 aromatic carbocycles. The van der Waals surface area contributed by atoms with E-state index in [9.17, 15) is 0 Å². The number of hydrogen-bond acceptors (Lipinski definition) is 1. The van der Waals surface area contributed by atoms with Crippen molar-refractivity contribution < 1.29 is 0 Å². The van der Waals surface area contributed by atoms with Crippen molar-refractivity contribution in [3.8, 4) is 39.1 Å². The average Bonchev–Trinajstić information content (AvgIpc) is 3.69. The van der Waals surface area contributed by atoms with Gasteiger partial charge in [0.2, 0.25) is 0 Å². The third kappa shape index (κ3) is 4.96. The fourth-order valence-electron chi connectivity index (χ4n) is 7.64. The highest BCUT2D eigenvalue weighted by Gasteiger charge is 2.35. The first-order valence-electron chi connectivity index (χ1n) is 17.0. The Balaban J connectivity index is 0.997. The minimum absolute atomic E-state index is 0.0557. The van der Waals surface area contributed by atoms with Crippen molar-refractivity contribution in [3.63, 3.8) is 0 Å². The lowest BCUT2D eigenvalue weighted by Crippen LogP contribution is -2.16. The number of aromatic nitrogens is 1. The Labute approximate surface area is 288 Å². The van der Waals surface area contributed by atoms with E-state index in [4.69, 9.17) is 0 Å². The van der Waals surface area contributed by atoms with Crippen molar-refractivity contribution in [2.75, 3.05) is 4.90 Å². The molecule has 0 atom stereocenters. The topological polar surface area (TPSA) is 8.17 Å². The molecular formula is C47H36N2.